The fraction of sp³-hybridized carbons (Fsp3) is 0.400. The summed E-state index contributed by atoms with van der Waals surface area (Å²) in [7, 11) is 0. The molecule has 0 fully saturated rings. The van der Waals surface area contributed by atoms with Crippen molar-refractivity contribution in [3.05, 3.63) is 78.1 Å². The first-order chi connectivity index (χ1) is 15.2. The quantitative estimate of drug-likeness (QED) is 0.303. The van der Waals surface area contributed by atoms with E-state index < -0.39 is 0 Å². The molecule has 1 N–H and O–H groups in total. The number of hydrogen-bond donors (Lipinski definition) is 1. The molecular weight excluding hydrogens is 390 g/mol. The second-order valence-electron chi connectivity index (χ2n) is 7.51. The van der Waals surface area contributed by atoms with Crippen LogP contribution in [-0.2, 0) is 22.4 Å². The van der Waals surface area contributed by atoms with Gasteiger partial charge in [0, 0.05) is 25.1 Å². The van der Waals surface area contributed by atoms with Crippen molar-refractivity contribution in [2.24, 2.45) is 0 Å². The number of anilines is 1. The monoisotopic (exact) mass is 421 g/mol. The lowest BCUT2D eigenvalue weighted by atomic mass is 9.92. The lowest BCUT2D eigenvalue weighted by Crippen LogP contribution is -2.13. The summed E-state index contributed by atoms with van der Waals surface area (Å²) in [6.07, 6.45) is 8.57. The van der Waals surface area contributed by atoms with Crippen molar-refractivity contribution >= 4 is 11.8 Å². The molecule has 0 aliphatic heterocycles. The number of aromatic nitrogens is 2. The molecule has 1 unspecified atom stereocenters. The summed E-state index contributed by atoms with van der Waals surface area (Å²) in [5.41, 5.74) is 2.06. The van der Waals surface area contributed by atoms with Gasteiger partial charge in [0.25, 0.3) is 0 Å². The van der Waals surface area contributed by atoms with Gasteiger partial charge in [0.15, 0.2) is 5.89 Å². The number of esters is 1. The highest BCUT2D eigenvalue weighted by Gasteiger charge is 2.20. The van der Waals surface area contributed by atoms with Gasteiger partial charge in [-0.3, -0.25) is 4.79 Å². The maximum absolute atomic E-state index is 12.1. The zero-order chi connectivity index (χ0) is 21.7. The normalized spacial score (nSPS) is 11.8. The van der Waals surface area contributed by atoms with E-state index in [0.29, 0.717) is 25.3 Å². The number of unbranched alkanes of at least 4 members (excludes halogenated alkanes) is 2. The van der Waals surface area contributed by atoms with Crippen LogP contribution in [0.4, 0.5) is 5.82 Å². The number of nitrogens with one attached hydrogen (secondary N) is 1. The third kappa shape index (κ3) is 7.89. The number of benzene rings is 1. The van der Waals surface area contributed by atoms with Crippen LogP contribution in [0.2, 0.25) is 0 Å². The minimum Gasteiger partial charge on any atom is -0.466 e. The number of ether oxygens (including phenoxy) is 1. The first-order valence-electron chi connectivity index (χ1n) is 11.0. The Bertz CT molecular complexity index is 897. The number of aryl methyl sites for hydroxylation is 1. The van der Waals surface area contributed by atoms with E-state index >= 15 is 0 Å². The molecule has 0 radical (unpaired) electrons. The van der Waals surface area contributed by atoms with Gasteiger partial charge in [0.05, 0.1) is 18.7 Å². The summed E-state index contributed by atoms with van der Waals surface area (Å²) in [4.78, 5) is 21.0. The molecule has 0 aliphatic carbocycles. The molecule has 31 heavy (non-hydrogen) atoms. The fourth-order valence-electron chi connectivity index (χ4n) is 3.51. The largest absolute Gasteiger partial charge is 0.466 e. The first-order valence-corrected chi connectivity index (χ1v) is 11.0. The Morgan fingerprint density at radius 3 is 2.71 bits per heavy atom. The van der Waals surface area contributed by atoms with Crippen molar-refractivity contribution < 1.29 is 13.9 Å². The highest BCUT2D eigenvalue weighted by Crippen LogP contribution is 2.25. The molecule has 0 spiro atoms. The summed E-state index contributed by atoms with van der Waals surface area (Å²) < 4.78 is 10.9. The number of carbonyl (C=O) groups excluding carboxylic acids is 1. The average molecular weight is 422 g/mol. The van der Waals surface area contributed by atoms with Gasteiger partial charge in [-0.15, -0.1) is 0 Å². The minimum atomic E-state index is -0.192. The fourth-order valence-corrected chi connectivity index (χ4v) is 3.51. The molecule has 0 amide bonds. The maximum atomic E-state index is 12.1. The molecular formula is C25H31N3O3. The maximum Gasteiger partial charge on any atom is 0.306 e. The third-order valence-corrected chi connectivity index (χ3v) is 5.09. The van der Waals surface area contributed by atoms with Crippen molar-refractivity contribution in [1.82, 2.24) is 9.97 Å². The average Bonchev–Trinajstić information content (AvgIpc) is 3.24. The van der Waals surface area contributed by atoms with Crippen molar-refractivity contribution in [2.75, 3.05) is 18.5 Å². The molecule has 6 nitrogen and oxygen atoms in total. The lowest BCUT2D eigenvalue weighted by Gasteiger charge is -2.14. The minimum absolute atomic E-state index is 0.00980. The molecule has 164 valence electrons. The van der Waals surface area contributed by atoms with Crippen molar-refractivity contribution in [3.8, 4) is 0 Å². The molecule has 0 saturated carbocycles. The molecule has 3 aromatic rings. The number of pyridine rings is 1. The Balaban J connectivity index is 1.44. The second kappa shape index (κ2) is 12.5. The number of carbonyl (C=O) groups is 1. The molecule has 1 aromatic carbocycles. The van der Waals surface area contributed by atoms with Gasteiger partial charge < -0.3 is 14.5 Å². The van der Waals surface area contributed by atoms with Crippen LogP contribution in [0, 0.1) is 0 Å². The molecule has 6 heteroatoms. The predicted molar refractivity (Wildman–Crippen MR) is 121 cm³/mol. The van der Waals surface area contributed by atoms with Gasteiger partial charge in [-0.1, -0.05) is 42.8 Å². The number of nitrogens with zero attached hydrogens (tertiary/aromatic N) is 2. The third-order valence-electron chi connectivity index (χ3n) is 5.09. The molecule has 0 saturated heterocycles. The Hall–Kier alpha value is -3.15. The molecule has 0 aliphatic rings. The Kier molecular flexibility index (Phi) is 9.10. The molecule has 3 rings (SSSR count). The zero-order valence-electron chi connectivity index (χ0n) is 18.1. The van der Waals surface area contributed by atoms with Crippen LogP contribution in [-0.4, -0.2) is 29.1 Å². The summed E-state index contributed by atoms with van der Waals surface area (Å²) in [6.45, 7) is 3.12. The van der Waals surface area contributed by atoms with E-state index in [1.54, 1.807) is 12.5 Å². The predicted octanol–water partition coefficient (Wildman–Crippen LogP) is 5.17. The van der Waals surface area contributed by atoms with E-state index in [0.717, 1.165) is 49.3 Å². The standard InChI is InChI=1S/C25H31N3O3/c1-2-30-25(29)18-21(20-11-5-3-6-12-20)17-24-28-22(19-31-24)13-7-4-9-15-26-23-14-8-10-16-27-23/h3,5-6,8,10-12,14,16,19,21H,2,4,7,9,13,15,17-18H2,1H3,(H,26,27). The van der Waals surface area contributed by atoms with Gasteiger partial charge in [-0.25, -0.2) is 9.97 Å². The van der Waals surface area contributed by atoms with Crippen LogP contribution < -0.4 is 5.32 Å². The zero-order valence-corrected chi connectivity index (χ0v) is 18.1. The van der Waals surface area contributed by atoms with Crippen LogP contribution >= 0.6 is 0 Å². The summed E-state index contributed by atoms with van der Waals surface area (Å²) >= 11 is 0. The van der Waals surface area contributed by atoms with E-state index in [1.165, 1.54) is 0 Å². The van der Waals surface area contributed by atoms with E-state index in [4.69, 9.17) is 9.15 Å². The summed E-state index contributed by atoms with van der Waals surface area (Å²) in [5.74, 6) is 1.39. The molecule has 2 heterocycles. The Morgan fingerprint density at radius 2 is 1.94 bits per heavy atom. The van der Waals surface area contributed by atoms with Gasteiger partial charge >= 0.3 is 5.97 Å². The van der Waals surface area contributed by atoms with Crippen molar-refractivity contribution in [2.45, 2.75) is 51.4 Å². The van der Waals surface area contributed by atoms with Crippen LogP contribution in [0.5, 0.6) is 0 Å². The van der Waals surface area contributed by atoms with E-state index in [2.05, 4.69) is 15.3 Å². The second-order valence-corrected chi connectivity index (χ2v) is 7.51. The summed E-state index contributed by atoms with van der Waals surface area (Å²) in [6, 6.07) is 15.9. The van der Waals surface area contributed by atoms with E-state index in [1.807, 2.05) is 55.5 Å². The molecule has 2 aromatic heterocycles. The summed E-state index contributed by atoms with van der Waals surface area (Å²) in [5, 5.41) is 3.33. The van der Waals surface area contributed by atoms with Crippen LogP contribution in [0.25, 0.3) is 0 Å². The van der Waals surface area contributed by atoms with Crippen molar-refractivity contribution in [1.29, 1.82) is 0 Å². The SMILES string of the molecule is CCOC(=O)CC(Cc1nc(CCCCCNc2ccccn2)co1)c1ccccc1. The smallest absolute Gasteiger partial charge is 0.306 e. The molecule has 1 atom stereocenters. The van der Waals surface area contributed by atoms with Gasteiger partial charge in [-0.2, -0.15) is 0 Å². The first kappa shape index (κ1) is 22.5. The number of hydrogen-bond acceptors (Lipinski definition) is 6. The Morgan fingerprint density at radius 1 is 1.10 bits per heavy atom. The topological polar surface area (TPSA) is 77.2 Å². The highest BCUT2D eigenvalue weighted by molar-refractivity contribution is 5.70. The van der Waals surface area contributed by atoms with E-state index in [-0.39, 0.29) is 11.9 Å². The van der Waals surface area contributed by atoms with Crippen molar-refractivity contribution in [3.63, 3.8) is 0 Å². The van der Waals surface area contributed by atoms with E-state index in [9.17, 15) is 4.79 Å². The van der Waals surface area contributed by atoms with Crippen LogP contribution in [0.15, 0.2) is 65.4 Å². The Labute approximate surface area is 184 Å². The lowest BCUT2D eigenvalue weighted by molar-refractivity contribution is -0.143. The van der Waals surface area contributed by atoms with Gasteiger partial charge in [0.2, 0.25) is 0 Å². The number of rotatable bonds is 13. The molecule has 0 bridgehead atoms. The van der Waals surface area contributed by atoms with Gasteiger partial charge in [0.1, 0.15) is 12.1 Å². The van der Waals surface area contributed by atoms with Crippen LogP contribution in [0.1, 0.15) is 55.7 Å². The van der Waals surface area contributed by atoms with Gasteiger partial charge in [-0.05, 0) is 43.9 Å². The highest BCUT2D eigenvalue weighted by atomic mass is 16.5. The number of oxazole rings is 1. The van der Waals surface area contributed by atoms with Crippen LogP contribution in [0.3, 0.4) is 0 Å².